The number of aliphatic hydroxyl groups is 1. The molecule has 1 saturated carbocycles. The number of anilines is 1. The Kier molecular flexibility index (Phi) is 3.40. The summed E-state index contributed by atoms with van der Waals surface area (Å²) in [6.45, 7) is 1.96. The summed E-state index contributed by atoms with van der Waals surface area (Å²) in [6.07, 6.45) is 3.81. The number of nitrogens with zero attached hydrogens (tertiary/aromatic N) is 5. The lowest BCUT2D eigenvalue weighted by Crippen LogP contribution is -2.51. The predicted molar refractivity (Wildman–Crippen MR) is 88.3 cm³/mol. The van der Waals surface area contributed by atoms with Crippen LogP contribution in [-0.2, 0) is 0 Å². The van der Waals surface area contributed by atoms with E-state index in [9.17, 15) is 10.4 Å². The van der Waals surface area contributed by atoms with E-state index in [0.29, 0.717) is 12.1 Å². The van der Waals surface area contributed by atoms with Gasteiger partial charge in [-0.05, 0) is 25.0 Å². The van der Waals surface area contributed by atoms with Crippen molar-refractivity contribution in [3.05, 3.63) is 47.9 Å². The summed E-state index contributed by atoms with van der Waals surface area (Å²) < 4.78 is 1.78. The highest BCUT2D eigenvalue weighted by Crippen LogP contribution is 2.37. The third-order valence-corrected chi connectivity index (χ3v) is 4.44. The number of aliphatic hydroxyl groups excluding tert-OH is 1. The fraction of sp³-hybridized carbons (Fsp3) is 0.294. The number of fused-ring (bicyclic) bond motifs is 1. The van der Waals surface area contributed by atoms with Gasteiger partial charge in [-0.25, -0.2) is 0 Å². The molecule has 0 bridgehead atoms. The monoisotopic (exact) mass is 320 g/mol. The zero-order valence-electron chi connectivity index (χ0n) is 13.1. The van der Waals surface area contributed by atoms with Gasteiger partial charge in [0, 0.05) is 11.6 Å². The Morgan fingerprint density at radius 3 is 2.88 bits per heavy atom. The Labute approximate surface area is 138 Å². The summed E-state index contributed by atoms with van der Waals surface area (Å²) >= 11 is 0. The minimum atomic E-state index is -0.464. The Morgan fingerprint density at radius 1 is 1.33 bits per heavy atom. The highest BCUT2D eigenvalue weighted by Gasteiger charge is 2.42. The van der Waals surface area contributed by atoms with Gasteiger partial charge in [0.25, 0.3) is 0 Å². The molecule has 0 radical (unpaired) electrons. The van der Waals surface area contributed by atoms with Crippen LogP contribution in [0.15, 0.2) is 36.7 Å². The number of nitriles is 1. The number of aryl methyl sites for hydroxylation is 1. The molecule has 0 aliphatic heterocycles. The van der Waals surface area contributed by atoms with E-state index in [1.165, 1.54) is 0 Å². The third-order valence-electron chi connectivity index (χ3n) is 4.44. The zero-order valence-corrected chi connectivity index (χ0v) is 13.1. The first kappa shape index (κ1) is 14.6. The van der Waals surface area contributed by atoms with Crippen LogP contribution < -0.4 is 5.32 Å². The van der Waals surface area contributed by atoms with E-state index >= 15 is 0 Å². The van der Waals surface area contributed by atoms with Gasteiger partial charge < -0.3 is 10.4 Å². The molecule has 0 unspecified atom stereocenters. The first-order chi connectivity index (χ1) is 11.7. The van der Waals surface area contributed by atoms with E-state index in [4.69, 9.17) is 0 Å². The number of benzene rings is 1. The molecule has 0 amide bonds. The largest absolute Gasteiger partial charge is 0.391 e. The van der Waals surface area contributed by atoms with Gasteiger partial charge in [0.2, 0.25) is 0 Å². The lowest BCUT2D eigenvalue weighted by Gasteiger charge is -2.42. The van der Waals surface area contributed by atoms with Gasteiger partial charge in [-0.15, -0.1) is 10.2 Å². The van der Waals surface area contributed by atoms with Crippen molar-refractivity contribution in [1.29, 1.82) is 5.26 Å². The molecule has 1 aliphatic rings. The fourth-order valence-corrected chi connectivity index (χ4v) is 3.18. The number of nitrogens with one attached hydrogen (secondary N) is 1. The van der Waals surface area contributed by atoms with Crippen LogP contribution >= 0.6 is 0 Å². The summed E-state index contributed by atoms with van der Waals surface area (Å²) in [5, 5.41) is 36.1. The van der Waals surface area contributed by atoms with Gasteiger partial charge in [0.05, 0.1) is 35.6 Å². The first-order valence-corrected chi connectivity index (χ1v) is 7.78. The van der Waals surface area contributed by atoms with Gasteiger partial charge in [-0.2, -0.15) is 10.4 Å². The van der Waals surface area contributed by atoms with Crippen LogP contribution in [0.2, 0.25) is 0 Å². The lowest BCUT2D eigenvalue weighted by atomic mass is 9.82. The molecular weight excluding hydrogens is 304 g/mol. The Bertz CT molecular complexity index is 944. The standard InChI is InChI=1S/C17H16N6O/c1-10-8-19-23(9-10)17-13(6-15(17)24)20-16-11-4-2-3-5-12(11)21-22-14(16)7-18/h2-5,8-9,13,15,17,24H,6H2,1H3,(H,20,21)/t13-,15+,17+/m0/s1. The summed E-state index contributed by atoms with van der Waals surface area (Å²) in [4.78, 5) is 0. The topological polar surface area (TPSA) is 99.7 Å². The average Bonchev–Trinajstić information content (AvgIpc) is 2.99. The minimum Gasteiger partial charge on any atom is -0.391 e. The van der Waals surface area contributed by atoms with E-state index < -0.39 is 6.10 Å². The van der Waals surface area contributed by atoms with E-state index in [1.54, 1.807) is 10.9 Å². The Morgan fingerprint density at radius 2 is 2.17 bits per heavy atom. The third kappa shape index (κ3) is 2.28. The molecule has 0 spiro atoms. The Balaban J connectivity index is 1.70. The highest BCUT2D eigenvalue weighted by atomic mass is 16.3. The van der Waals surface area contributed by atoms with Crippen molar-refractivity contribution in [1.82, 2.24) is 20.0 Å². The molecule has 1 aliphatic carbocycles. The lowest BCUT2D eigenvalue weighted by molar-refractivity contribution is 0.0134. The van der Waals surface area contributed by atoms with Crippen molar-refractivity contribution in [2.75, 3.05) is 5.32 Å². The molecule has 24 heavy (non-hydrogen) atoms. The number of hydrogen-bond donors (Lipinski definition) is 2. The average molecular weight is 320 g/mol. The molecule has 3 atom stereocenters. The maximum absolute atomic E-state index is 10.2. The molecule has 1 fully saturated rings. The molecular formula is C17H16N6O. The zero-order chi connectivity index (χ0) is 16.7. The van der Waals surface area contributed by atoms with Crippen LogP contribution in [0.4, 0.5) is 5.69 Å². The molecule has 3 aromatic rings. The normalized spacial score (nSPS) is 22.8. The quantitative estimate of drug-likeness (QED) is 0.763. The molecule has 0 saturated heterocycles. The first-order valence-electron chi connectivity index (χ1n) is 7.78. The van der Waals surface area contributed by atoms with Gasteiger partial charge in [-0.3, -0.25) is 4.68 Å². The van der Waals surface area contributed by atoms with Gasteiger partial charge >= 0.3 is 0 Å². The van der Waals surface area contributed by atoms with Crippen LogP contribution in [0, 0.1) is 18.3 Å². The van der Waals surface area contributed by atoms with Crippen molar-refractivity contribution in [3.63, 3.8) is 0 Å². The van der Waals surface area contributed by atoms with Crippen molar-refractivity contribution in [2.24, 2.45) is 0 Å². The van der Waals surface area contributed by atoms with Crippen molar-refractivity contribution in [2.45, 2.75) is 31.5 Å². The van der Waals surface area contributed by atoms with Crippen molar-refractivity contribution in [3.8, 4) is 6.07 Å². The summed E-state index contributed by atoms with van der Waals surface area (Å²) in [5.41, 5.74) is 2.69. The summed E-state index contributed by atoms with van der Waals surface area (Å²) in [7, 11) is 0. The number of rotatable bonds is 3. The molecule has 120 valence electrons. The number of hydrogen-bond acceptors (Lipinski definition) is 6. The van der Waals surface area contributed by atoms with Crippen LogP contribution in [0.3, 0.4) is 0 Å². The van der Waals surface area contributed by atoms with Crippen LogP contribution in [0.5, 0.6) is 0 Å². The summed E-state index contributed by atoms with van der Waals surface area (Å²) in [5.74, 6) is 0. The second-order valence-electron chi connectivity index (χ2n) is 6.09. The van der Waals surface area contributed by atoms with Crippen LogP contribution in [-0.4, -0.2) is 37.2 Å². The summed E-state index contributed by atoms with van der Waals surface area (Å²) in [6, 6.07) is 9.45. The second kappa shape index (κ2) is 5.58. The van der Waals surface area contributed by atoms with Crippen molar-refractivity contribution < 1.29 is 5.11 Å². The molecule has 2 N–H and O–H groups in total. The molecule has 7 heteroatoms. The Hall–Kier alpha value is -2.98. The molecule has 1 aromatic carbocycles. The second-order valence-corrected chi connectivity index (χ2v) is 6.09. The van der Waals surface area contributed by atoms with Crippen LogP contribution in [0.1, 0.15) is 23.7 Å². The molecule has 2 aromatic heterocycles. The van der Waals surface area contributed by atoms with Crippen LogP contribution in [0.25, 0.3) is 10.9 Å². The molecule has 7 nitrogen and oxygen atoms in total. The minimum absolute atomic E-state index is 0.0287. The molecule has 2 heterocycles. The van der Waals surface area contributed by atoms with Gasteiger partial charge in [0.1, 0.15) is 6.07 Å². The van der Waals surface area contributed by atoms with E-state index in [2.05, 4.69) is 26.7 Å². The maximum Gasteiger partial charge on any atom is 0.186 e. The fourth-order valence-electron chi connectivity index (χ4n) is 3.18. The maximum atomic E-state index is 10.2. The van der Waals surface area contributed by atoms with E-state index in [-0.39, 0.29) is 17.8 Å². The predicted octanol–water partition coefficient (Wildman–Crippen LogP) is 1.79. The van der Waals surface area contributed by atoms with Gasteiger partial charge in [0.15, 0.2) is 5.69 Å². The smallest absolute Gasteiger partial charge is 0.186 e. The highest BCUT2D eigenvalue weighted by molar-refractivity contribution is 5.92. The van der Waals surface area contributed by atoms with E-state index in [0.717, 1.165) is 16.5 Å². The van der Waals surface area contributed by atoms with Crippen molar-refractivity contribution >= 4 is 16.6 Å². The van der Waals surface area contributed by atoms with Gasteiger partial charge in [-0.1, -0.05) is 18.2 Å². The SMILES string of the molecule is Cc1cnn([C@H]2[C@H](O)C[C@@H]2Nc2c(C#N)nnc3ccccc23)c1. The number of aromatic nitrogens is 4. The molecule has 4 rings (SSSR count). The van der Waals surface area contributed by atoms with E-state index in [1.807, 2.05) is 37.4 Å².